The maximum Gasteiger partial charge on any atom is 0.168 e. The fraction of sp³-hybridized carbons (Fsp3) is 1.00. The number of ether oxygens (including phenoxy) is 2. The average Bonchev–Trinajstić information content (AvgIpc) is 2.43. The highest BCUT2D eigenvalue weighted by Crippen LogP contribution is 2.45. The number of fused-ring (bicyclic) bond motifs is 1. The van der Waals surface area contributed by atoms with E-state index in [4.69, 9.17) is 9.47 Å². The molecular formula is C17H31NO2. The van der Waals surface area contributed by atoms with E-state index >= 15 is 0 Å². The number of likely N-dealkylation sites (tertiary alicyclic amines) is 1. The Kier molecular flexibility index (Phi) is 4.13. The molecule has 1 spiro atoms. The van der Waals surface area contributed by atoms with Crippen LogP contribution in [0.5, 0.6) is 0 Å². The van der Waals surface area contributed by atoms with Crippen LogP contribution in [-0.2, 0) is 9.47 Å². The molecule has 0 aromatic carbocycles. The first-order chi connectivity index (χ1) is 9.54. The molecule has 0 amide bonds. The minimum Gasteiger partial charge on any atom is -0.349 e. The summed E-state index contributed by atoms with van der Waals surface area (Å²) in [5.41, 5.74) is 0.183. The molecule has 0 radical (unpaired) electrons. The van der Waals surface area contributed by atoms with Gasteiger partial charge in [-0.3, -0.25) is 0 Å². The molecule has 0 aromatic heterocycles. The molecule has 3 fully saturated rings. The summed E-state index contributed by atoms with van der Waals surface area (Å²) in [4.78, 5) is 2.73. The van der Waals surface area contributed by atoms with Crippen LogP contribution in [-0.4, -0.2) is 43.0 Å². The quantitative estimate of drug-likeness (QED) is 0.774. The van der Waals surface area contributed by atoms with E-state index in [-0.39, 0.29) is 11.2 Å². The lowest BCUT2D eigenvalue weighted by atomic mass is 9.74. The van der Waals surface area contributed by atoms with Crippen molar-refractivity contribution in [2.75, 3.05) is 26.3 Å². The van der Waals surface area contributed by atoms with Gasteiger partial charge in [-0.2, -0.15) is 0 Å². The van der Waals surface area contributed by atoms with E-state index in [2.05, 4.69) is 25.7 Å². The highest BCUT2D eigenvalue weighted by molar-refractivity contribution is 4.95. The minimum absolute atomic E-state index is 0.183. The predicted octanol–water partition coefficient (Wildman–Crippen LogP) is 3.43. The Labute approximate surface area is 124 Å². The monoisotopic (exact) mass is 281 g/mol. The minimum atomic E-state index is -0.244. The normalized spacial score (nSPS) is 36.8. The van der Waals surface area contributed by atoms with Crippen molar-refractivity contribution in [3.8, 4) is 0 Å². The Morgan fingerprint density at radius 3 is 2.60 bits per heavy atom. The largest absolute Gasteiger partial charge is 0.349 e. The molecule has 0 bridgehead atoms. The second-order valence-electron chi connectivity index (χ2n) is 7.90. The lowest BCUT2D eigenvalue weighted by molar-refractivity contribution is -0.320. The topological polar surface area (TPSA) is 21.7 Å². The van der Waals surface area contributed by atoms with E-state index in [0.29, 0.717) is 0 Å². The van der Waals surface area contributed by atoms with Gasteiger partial charge in [-0.1, -0.05) is 20.8 Å². The van der Waals surface area contributed by atoms with Crippen LogP contribution in [0.4, 0.5) is 0 Å². The summed E-state index contributed by atoms with van der Waals surface area (Å²) in [7, 11) is 0. The van der Waals surface area contributed by atoms with Crippen LogP contribution in [0, 0.1) is 11.3 Å². The van der Waals surface area contributed by atoms with Crippen LogP contribution in [0.1, 0.15) is 59.3 Å². The van der Waals surface area contributed by atoms with Crippen molar-refractivity contribution < 1.29 is 9.47 Å². The van der Waals surface area contributed by atoms with E-state index in [1.807, 2.05) is 0 Å². The molecule has 0 N–H and O–H groups in total. The van der Waals surface area contributed by atoms with Gasteiger partial charge in [0.05, 0.1) is 13.2 Å². The molecule has 1 unspecified atom stereocenters. The zero-order chi connectivity index (χ0) is 14.2. The first kappa shape index (κ1) is 14.8. The lowest BCUT2D eigenvalue weighted by Gasteiger charge is -2.53. The standard InChI is InChI=1S/C17H31NO2/c1-4-9-18-10-5-6-14-11-17(8-7-15(14)18)19-12-16(2,3)13-20-17/h14-15H,4-13H2,1-3H3/t14?,15-/m1/s1. The van der Waals surface area contributed by atoms with Gasteiger partial charge in [0.2, 0.25) is 0 Å². The molecule has 20 heavy (non-hydrogen) atoms. The fourth-order valence-corrected chi connectivity index (χ4v) is 4.30. The number of rotatable bonds is 2. The van der Waals surface area contributed by atoms with Crippen molar-refractivity contribution >= 4 is 0 Å². The number of piperidine rings is 1. The van der Waals surface area contributed by atoms with Crippen molar-refractivity contribution in [3.63, 3.8) is 0 Å². The third kappa shape index (κ3) is 2.90. The summed E-state index contributed by atoms with van der Waals surface area (Å²) in [6.45, 7) is 11.0. The molecule has 3 aliphatic rings. The van der Waals surface area contributed by atoms with Crippen molar-refractivity contribution in [3.05, 3.63) is 0 Å². The van der Waals surface area contributed by atoms with E-state index in [0.717, 1.165) is 38.0 Å². The van der Waals surface area contributed by atoms with Crippen LogP contribution in [0.15, 0.2) is 0 Å². The third-order valence-corrected chi connectivity index (χ3v) is 5.39. The second kappa shape index (κ2) is 5.58. The SMILES string of the molecule is CCCN1CCCC2CC3(CC[C@H]21)OCC(C)(C)CO3. The first-order valence-electron chi connectivity index (χ1n) is 8.56. The molecule has 3 heteroatoms. The van der Waals surface area contributed by atoms with Crippen molar-refractivity contribution in [1.82, 2.24) is 4.90 Å². The van der Waals surface area contributed by atoms with Gasteiger partial charge >= 0.3 is 0 Å². The van der Waals surface area contributed by atoms with Crippen LogP contribution >= 0.6 is 0 Å². The number of hydrogen-bond acceptors (Lipinski definition) is 3. The highest BCUT2D eigenvalue weighted by atomic mass is 16.7. The molecule has 2 aliphatic heterocycles. The van der Waals surface area contributed by atoms with Crippen molar-refractivity contribution in [1.29, 1.82) is 0 Å². The van der Waals surface area contributed by atoms with Crippen molar-refractivity contribution in [2.45, 2.75) is 71.1 Å². The number of nitrogens with zero attached hydrogens (tertiary/aromatic N) is 1. The molecule has 116 valence electrons. The van der Waals surface area contributed by atoms with E-state index in [9.17, 15) is 0 Å². The molecule has 1 aliphatic carbocycles. The van der Waals surface area contributed by atoms with E-state index in [1.165, 1.54) is 38.8 Å². The molecule has 2 heterocycles. The summed E-state index contributed by atoms with van der Waals surface area (Å²) in [5, 5.41) is 0. The first-order valence-corrected chi connectivity index (χ1v) is 8.56. The van der Waals surface area contributed by atoms with Gasteiger partial charge in [-0.25, -0.2) is 0 Å². The van der Waals surface area contributed by atoms with Crippen LogP contribution < -0.4 is 0 Å². The zero-order valence-electron chi connectivity index (χ0n) is 13.5. The molecule has 2 saturated heterocycles. The highest BCUT2D eigenvalue weighted by Gasteiger charge is 2.48. The Morgan fingerprint density at radius 2 is 1.90 bits per heavy atom. The van der Waals surface area contributed by atoms with Crippen LogP contribution in [0.3, 0.4) is 0 Å². The third-order valence-electron chi connectivity index (χ3n) is 5.39. The van der Waals surface area contributed by atoms with Gasteiger partial charge in [0.15, 0.2) is 5.79 Å². The van der Waals surface area contributed by atoms with Crippen molar-refractivity contribution in [2.24, 2.45) is 11.3 Å². The molecule has 3 nitrogen and oxygen atoms in total. The summed E-state index contributed by atoms with van der Waals surface area (Å²) in [5.74, 6) is 0.539. The Balaban J connectivity index is 1.64. The van der Waals surface area contributed by atoms with Gasteiger partial charge in [-0.15, -0.1) is 0 Å². The molecular weight excluding hydrogens is 250 g/mol. The molecule has 1 saturated carbocycles. The second-order valence-corrected chi connectivity index (χ2v) is 7.90. The summed E-state index contributed by atoms with van der Waals surface area (Å²) in [6.07, 6.45) is 7.45. The summed E-state index contributed by atoms with van der Waals surface area (Å²) >= 11 is 0. The van der Waals surface area contributed by atoms with E-state index in [1.54, 1.807) is 0 Å². The van der Waals surface area contributed by atoms with Crippen LogP contribution in [0.25, 0.3) is 0 Å². The molecule has 3 rings (SSSR count). The van der Waals surface area contributed by atoms with Gasteiger partial charge in [0, 0.05) is 24.3 Å². The fourth-order valence-electron chi connectivity index (χ4n) is 4.30. The smallest absolute Gasteiger partial charge is 0.168 e. The van der Waals surface area contributed by atoms with Gasteiger partial charge in [0.25, 0.3) is 0 Å². The molecule has 0 aromatic rings. The maximum absolute atomic E-state index is 6.23. The number of hydrogen-bond donors (Lipinski definition) is 0. The zero-order valence-corrected chi connectivity index (χ0v) is 13.5. The average molecular weight is 281 g/mol. The van der Waals surface area contributed by atoms with E-state index < -0.39 is 0 Å². The summed E-state index contributed by atoms with van der Waals surface area (Å²) in [6, 6.07) is 0.788. The van der Waals surface area contributed by atoms with Gasteiger partial charge < -0.3 is 14.4 Å². The van der Waals surface area contributed by atoms with Crippen LogP contribution in [0.2, 0.25) is 0 Å². The Bertz CT molecular complexity index is 330. The summed E-state index contributed by atoms with van der Waals surface area (Å²) < 4.78 is 12.5. The van der Waals surface area contributed by atoms with Gasteiger partial charge in [-0.05, 0) is 44.7 Å². The predicted molar refractivity (Wildman–Crippen MR) is 80.6 cm³/mol. The lowest BCUT2D eigenvalue weighted by Crippen LogP contribution is -2.56. The molecule has 2 atom stereocenters. The van der Waals surface area contributed by atoms with Gasteiger partial charge in [0.1, 0.15) is 0 Å². The Hall–Kier alpha value is -0.120. The Morgan fingerprint density at radius 1 is 1.15 bits per heavy atom. The maximum atomic E-state index is 6.23.